The summed E-state index contributed by atoms with van der Waals surface area (Å²) >= 11 is 0. The molecule has 180 valence electrons. The molecule has 0 unspecified atom stereocenters. The average Bonchev–Trinajstić information content (AvgIpc) is 3.61. The molecule has 0 aliphatic carbocycles. The smallest absolute Gasteiger partial charge is 0.324 e. The van der Waals surface area contributed by atoms with Gasteiger partial charge in [0.2, 0.25) is 0 Å². The number of halogens is 2. The molecule has 1 N–H and O–H groups in total. The first-order valence-electron chi connectivity index (χ1n) is 10.8. The van der Waals surface area contributed by atoms with Gasteiger partial charge in [0.05, 0.1) is 18.3 Å². The summed E-state index contributed by atoms with van der Waals surface area (Å²) in [6, 6.07) is 8.82. The van der Waals surface area contributed by atoms with Crippen LogP contribution in [0.25, 0.3) is 5.69 Å². The van der Waals surface area contributed by atoms with E-state index >= 15 is 0 Å². The van der Waals surface area contributed by atoms with Crippen LogP contribution in [0.1, 0.15) is 12.5 Å². The highest BCUT2D eigenvalue weighted by atomic mass is 19.1. The third-order valence-electron chi connectivity index (χ3n) is 6.24. The largest absolute Gasteiger partial charge is 0.381 e. The molecular weight excluding hydrogens is 460 g/mol. The van der Waals surface area contributed by atoms with Gasteiger partial charge >= 0.3 is 6.03 Å². The summed E-state index contributed by atoms with van der Waals surface area (Å²) in [4.78, 5) is 20.3. The van der Waals surface area contributed by atoms with Crippen LogP contribution in [0.3, 0.4) is 0 Å². The number of hydrogen-bond donors (Lipinski definition) is 1. The van der Waals surface area contributed by atoms with E-state index in [1.165, 1.54) is 39.3 Å². The SMILES string of the molecule is C[C@H](N1CCN(c2ccc(-n3cnnn3)cc2)C1=O)[C@](O)(Cn1cncn1)c1ccc(F)cc1F. The van der Waals surface area contributed by atoms with Crippen molar-refractivity contribution in [2.75, 3.05) is 18.0 Å². The number of aliphatic hydroxyl groups is 1. The second-order valence-corrected chi connectivity index (χ2v) is 8.22. The van der Waals surface area contributed by atoms with Gasteiger partial charge in [-0.3, -0.25) is 4.90 Å². The Hall–Kier alpha value is -4.26. The van der Waals surface area contributed by atoms with Gasteiger partial charge in [-0.15, -0.1) is 5.10 Å². The van der Waals surface area contributed by atoms with Crippen LogP contribution in [0.15, 0.2) is 61.4 Å². The Balaban J connectivity index is 1.43. The number of aromatic nitrogens is 7. The highest BCUT2D eigenvalue weighted by Gasteiger charge is 2.46. The van der Waals surface area contributed by atoms with Crippen LogP contribution in [0, 0.1) is 11.6 Å². The lowest BCUT2D eigenvalue weighted by molar-refractivity contribution is -0.0475. The van der Waals surface area contributed by atoms with Crippen molar-refractivity contribution in [3.8, 4) is 5.69 Å². The number of carbonyl (C=O) groups excluding carboxylic acids is 1. The summed E-state index contributed by atoms with van der Waals surface area (Å²) in [5, 5.41) is 26.8. The third kappa shape index (κ3) is 4.10. The summed E-state index contributed by atoms with van der Waals surface area (Å²) in [7, 11) is 0. The van der Waals surface area contributed by atoms with E-state index in [1.807, 2.05) is 0 Å². The number of carbonyl (C=O) groups is 1. The molecule has 1 aliphatic rings. The molecule has 13 heteroatoms. The normalized spacial score (nSPS) is 16.5. The number of anilines is 1. The van der Waals surface area contributed by atoms with Crippen molar-refractivity contribution < 1.29 is 18.7 Å². The summed E-state index contributed by atoms with van der Waals surface area (Å²) in [6.07, 6.45) is 4.13. The number of urea groups is 1. The predicted molar refractivity (Wildman–Crippen MR) is 118 cm³/mol. The Morgan fingerprint density at radius 3 is 2.51 bits per heavy atom. The lowest BCUT2D eigenvalue weighted by Gasteiger charge is -2.39. The fourth-order valence-electron chi connectivity index (χ4n) is 4.32. The van der Waals surface area contributed by atoms with E-state index in [0.717, 1.165) is 11.8 Å². The number of nitrogens with zero attached hydrogens (tertiary/aromatic N) is 9. The second kappa shape index (κ2) is 8.83. The molecule has 5 rings (SSSR count). The quantitative estimate of drug-likeness (QED) is 0.427. The zero-order chi connectivity index (χ0) is 24.6. The summed E-state index contributed by atoms with van der Waals surface area (Å²) in [5.41, 5.74) is -0.681. The maximum Gasteiger partial charge on any atom is 0.324 e. The molecule has 1 aliphatic heterocycles. The molecule has 35 heavy (non-hydrogen) atoms. The van der Waals surface area contributed by atoms with Crippen molar-refractivity contribution in [1.29, 1.82) is 0 Å². The molecule has 0 bridgehead atoms. The van der Waals surface area contributed by atoms with Gasteiger partial charge in [0.25, 0.3) is 0 Å². The van der Waals surface area contributed by atoms with Gasteiger partial charge in [-0.25, -0.2) is 27.9 Å². The van der Waals surface area contributed by atoms with Gasteiger partial charge in [-0.1, -0.05) is 6.07 Å². The van der Waals surface area contributed by atoms with Crippen LogP contribution in [0.2, 0.25) is 0 Å². The van der Waals surface area contributed by atoms with Crippen molar-refractivity contribution >= 4 is 11.7 Å². The minimum atomic E-state index is -1.92. The van der Waals surface area contributed by atoms with Crippen LogP contribution in [0.4, 0.5) is 19.3 Å². The molecule has 2 aromatic carbocycles. The molecule has 0 radical (unpaired) electrons. The Labute approximate surface area is 198 Å². The summed E-state index contributed by atoms with van der Waals surface area (Å²) in [6.45, 7) is 2.08. The second-order valence-electron chi connectivity index (χ2n) is 8.22. The zero-order valence-electron chi connectivity index (χ0n) is 18.6. The first kappa shape index (κ1) is 22.5. The van der Waals surface area contributed by atoms with E-state index in [-0.39, 0.29) is 24.7 Å². The van der Waals surface area contributed by atoms with E-state index < -0.39 is 23.3 Å². The molecule has 4 aromatic rings. The van der Waals surface area contributed by atoms with E-state index in [9.17, 15) is 18.7 Å². The Morgan fingerprint density at radius 2 is 1.86 bits per heavy atom. The van der Waals surface area contributed by atoms with Gasteiger partial charge in [-0.2, -0.15) is 5.10 Å². The Kier molecular flexibility index (Phi) is 5.68. The minimum Gasteiger partial charge on any atom is -0.381 e. The summed E-state index contributed by atoms with van der Waals surface area (Å²) < 4.78 is 31.3. The maximum absolute atomic E-state index is 14.8. The first-order valence-corrected chi connectivity index (χ1v) is 10.8. The molecule has 11 nitrogen and oxygen atoms in total. The molecule has 0 saturated carbocycles. The van der Waals surface area contributed by atoms with E-state index in [0.29, 0.717) is 18.3 Å². The molecule has 3 heterocycles. The monoisotopic (exact) mass is 481 g/mol. The predicted octanol–water partition coefficient (Wildman–Crippen LogP) is 1.75. The van der Waals surface area contributed by atoms with Crippen LogP contribution in [-0.2, 0) is 12.1 Å². The lowest BCUT2D eigenvalue weighted by atomic mass is 9.85. The average molecular weight is 481 g/mol. The standard InChI is InChI=1S/C22H21F2N9O2/c1-15(22(35,11-30-13-25-12-27-30)19-7-2-16(23)10-20(19)24)31-8-9-32(21(31)34)17-3-5-18(6-4-17)33-14-26-28-29-33/h2-7,10,12-15,35H,8-9,11H2,1H3/t15-,22+/m0/s1. The van der Waals surface area contributed by atoms with Crippen LogP contribution in [-0.4, -0.2) is 70.1 Å². The number of amides is 2. The van der Waals surface area contributed by atoms with Gasteiger partial charge in [0.1, 0.15) is 36.2 Å². The number of tetrazole rings is 1. The molecule has 2 amide bonds. The van der Waals surface area contributed by atoms with Crippen molar-refractivity contribution in [1.82, 2.24) is 39.9 Å². The highest BCUT2D eigenvalue weighted by Crippen LogP contribution is 2.35. The van der Waals surface area contributed by atoms with Crippen molar-refractivity contribution in [2.24, 2.45) is 0 Å². The summed E-state index contributed by atoms with van der Waals surface area (Å²) in [5.74, 6) is -1.68. The molecule has 0 spiro atoms. The van der Waals surface area contributed by atoms with Crippen LogP contribution < -0.4 is 4.90 Å². The maximum atomic E-state index is 14.8. The van der Waals surface area contributed by atoms with E-state index in [1.54, 1.807) is 36.1 Å². The van der Waals surface area contributed by atoms with Gasteiger partial charge in [-0.05, 0) is 47.7 Å². The van der Waals surface area contributed by atoms with Crippen molar-refractivity contribution in [3.63, 3.8) is 0 Å². The Morgan fingerprint density at radius 1 is 1.09 bits per heavy atom. The van der Waals surface area contributed by atoms with Gasteiger partial charge in [0, 0.05) is 30.4 Å². The lowest BCUT2D eigenvalue weighted by Crippen LogP contribution is -2.53. The number of hydrogen-bond acceptors (Lipinski definition) is 7. The van der Waals surface area contributed by atoms with Crippen LogP contribution >= 0.6 is 0 Å². The molecule has 1 saturated heterocycles. The van der Waals surface area contributed by atoms with E-state index in [4.69, 9.17) is 0 Å². The fourth-order valence-corrected chi connectivity index (χ4v) is 4.32. The zero-order valence-corrected chi connectivity index (χ0v) is 18.6. The number of benzene rings is 2. The fraction of sp³-hybridized carbons (Fsp3) is 0.273. The van der Waals surface area contributed by atoms with Crippen molar-refractivity contribution in [3.05, 3.63) is 78.6 Å². The van der Waals surface area contributed by atoms with Gasteiger partial charge in [0.15, 0.2) is 0 Å². The van der Waals surface area contributed by atoms with Crippen LogP contribution in [0.5, 0.6) is 0 Å². The molecule has 1 fully saturated rings. The minimum absolute atomic E-state index is 0.140. The molecule has 2 aromatic heterocycles. The van der Waals surface area contributed by atoms with E-state index in [2.05, 4.69) is 25.6 Å². The first-order chi connectivity index (χ1) is 16.9. The van der Waals surface area contributed by atoms with Gasteiger partial charge < -0.3 is 10.0 Å². The molecular formula is C22H21F2N9O2. The number of rotatable bonds is 7. The Bertz CT molecular complexity index is 1320. The molecule has 2 atom stereocenters. The topological polar surface area (TPSA) is 118 Å². The highest BCUT2D eigenvalue weighted by molar-refractivity contribution is 5.94. The third-order valence-corrected chi connectivity index (χ3v) is 6.24. The van der Waals surface area contributed by atoms with Crippen molar-refractivity contribution in [2.45, 2.75) is 25.1 Å².